The van der Waals surface area contributed by atoms with Crippen molar-refractivity contribution < 1.29 is 4.42 Å². The van der Waals surface area contributed by atoms with Gasteiger partial charge in [-0.05, 0) is 71.8 Å². The van der Waals surface area contributed by atoms with Crippen molar-refractivity contribution in [1.82, 2.24) is 9.13 Å². The van der Waals surface area contributed by atoms with Gasteiger partial charge in [-0.3, -0.25) is 0 Å². The summed E-state index contributed by atoms with van der Waals surface area (Å²) < 4.78 is 10.7. The van der Waals surface area contributed by atoms with Gasteiger partial charge in [0.25, 0.3) is 0 Å². The van der Waals surface area contributed by atoms with Crippen LogP contribution in [0.2, 0.25) is 0 Å². The molecule has 0 spiro atoms. The topological polar surface area (TPSA) is 70.6 Å². The van der Waals surface area contributed by atoms with Gasteiger partial charge in [-0.2, -0.15) is 10.5 Å². The van der Waals surface area contributed by atoms with Gasteiger partial charge in [-0.25, -0.2) is 0 Å². The first-order valence-corrected chi connectivity index (χ1v) is 16.1. The van der Waals surface area contributed by atoms with Crippen LogP contribution < -0.4 is 0 Å². The van der Waals surface area contributed by atoms with Crippen LogP contribution in [0.1, 0.15) is 11.1 Å². The largest absolute Gasteiger partial charge is 0.456 e. The number of aromatic nitrogens is 2. The number of furan rings is 1. The van der Waals surface area contributed by atoms with Gasteiger partial charge in [0, 0.05) is 44.1 Å². The average Bonchev–Trinajstić information content (AvgIpc) is 3.80. The molecule has 10 rings (SSSR count). The van der Waals surface area contributed by atoms with E-state index in [0.29, 0.717) is 11.1 Å². The summed E-state index contributed by atoms with van der Waals surface area (Å²) in [5.41, 5.74) is 10.3. The third-order valence-electron chi connectivity index (χ3n) is 9.75. The highest BCUT2D eigenvalue weighted by molar-refractivity contribution is 6.17. The van der Waals surface area contributed by atoms with Crippen molar-refractivity contribution in [3.8, 4) is 34.6 Å². The lowest BCUT2D eigenvalue weighted by molar-refractivity contribution is 0.669. The van der Waals surface area contributed by atoms with Crippen molar-refractivity contribution in [2.24, 2.45) is 0 Å². The standard InChI is InChI=1S/C44H24N4O/c45-25-27-19-29(22-31(20-27)47-39-13-5-1-9-32(39)33-10-2-6-14-40(33)47)28-17-18-38(30(21-28)26-46)48-41-15-7-3-11-34(41)36-23-37-35-12-4-8-16-43(35)49-44(37)24-42(36)48/h1-24H. The molecule has 0 fully saturated rings. The van der Waals surface area contributed by atoms with E-state index in [4.69, 9.17) is 4.42 Å². The van der Waals surface area contributed by atoms with E-state index in [1.54, 1.807) is 0 Å². The van der Waals surface area contributed by atoms with Crippen molar-refractivity contribution in [2.45, 2.75) is 0 Å². The Balaban J connectivity index is 1.18. The van der Waals surface area contributed by atoms with Gasteiger partial charge in [-0.1, -0.05) is 78.9 Å². The zero-order valence-corrected chi connectivity index (χ0v) is 26.1. The van der Waals surface area contributed by atoms with Gasteiger partial charge in [0.05, 0.1) is 45.0 Å². The summed E-state index contributed by atoms with van der Waals surface area (Å²) in [4.78, 5) is 0. The molecule has 0 aliphatic heterocycles. The summed E-state index contributed by atoms with van der Waals surface area (Å²) in [7, 11) is 0. The van der Waals surface area contributed by atoms with Crippen molar-refractivity contribution in [1.29, 1.82) is 10.5 Å². The van der Waals surface area contributed by atoms with Crippen LogP contribution in [-0.2, 0) is 0 Å². The normalized spacial score (nSPS) is 11.6. The fourth-order valence-corrected chi connectivity index (χ4v) is 7.62. The molecule has 7 aromatic carbocycles. The maximum atomic E-state index is 10.6. The molecule has 3 heterocycles. The number of fused-ring (bicyclic) bond motifs is 9. The lowest BCUT2D eigenvalue weighted by atomic mass is 9.99. The number of hydrogen-bond donors (Lipinski definition) is 0. The number of hydrogen-bond acceptors (Lipinski definition) is 3. The minimum absolute atomic E-state index is 0.533. The Morgan fingerprint density at radius 2 is 1.06 bits per heavy atom. The highest BCUT2D eigenvalue weighted by Gasteiger charge is 2.19. The summed E-state index contributed by atoms with van der Waals surface area (Å²) in [5.74, 6) is 0. The number of nitriles is 2. The van der Waals surface area contributed by atoms with Gasteiger partial charge in [0.1, 0.15) is 17.2 Å². The van der Waals surface area contributed by atoms with Crippen LogP contribution in [0.15, 0.2) is 150 Å². The molecule has 0 saturated carbocycles. The van der Waals surface area contributed by atoms with Gasteiger partial charge >= 0.3 is 0 Å². The first-order valence-electron chi connectivity index (χ1n) is 16.1. The second kappa shape index (κ2) is 10.2. The third kappa shape index (κ3) is 3.91. The Kier molecular flexibility index (Phi) is 5.64. The summed E-state index contributed by atoms with van der Waals surface area (Å²) >= 11 is 0. The van der Waals surface area contributed by atoms with Crippen LogP contribution >= 0.6 is 0 Å². The molecule has 0 N–H and O–H groups in total. The molecule has 0 saturated heterocycles. The van der Waals surface area contributed by atoms with Crippen molar-refractivity contribution in [2.75, 3.05) is 0 Å². The molecule has 5 heteroatoms. The van der Waals surface area contributed by atoms with E-state index in [1.165, 1.54) is 0 Å². The number of nitrogens with zero attached hydrogens (tertiary/aromatic N) is 4. The van der Waals surface area contributed by atoms with Crippen LogP contribution in [-0.4, -0.2) is 9.13 Å². The molecule has 3 aromatic heterocycles. The Morgan fingerprint density at radius 3 is 1.76 bits per heavy atom. The van der Waals surface area contributed by atoms with Crippen LogP contribution in [0.4, 0.5) is 0 Å². The summed E-state index contributed by atoms with van der Waals surface area (Å²) in [6, 6.07) is 54.2. The van der Waals surface area contributed by atoms with E-state index in [-0.39, 0.29) is 0 Å². The zero-order chi connectivity index (χ0) is 32.6. The predicted molar refractivity (Wildman–Crippen MR) is 197 cm³/mol. The lowest BCUT2D eigenvalue weighted by Gasteiger charge is -2.14. The number of rotatable bonds is 3. The quantitative estimate of drug-likeness (QED) is 0.196. The third-order valence-corrected chi connectivity index (χ3v) is 9.75. The van der Waals surface area contributed by atoms with Crippen LogP contribution in [0.3, 0.4) is 0 Å². The smallest absolute Gasteiger partial charge is 0.137 e. The first kappa shape index (κ1) is 27.1. The SMILES string of the molecule is N#Cc1cc(-c2ccc(-n3c4ccccc4c4cc5c(cc43)oc3ccccc35)c(C#N)c2)cc(-n2c3ccccc3c3ccccc32)c1. The van der Waals surface area contributed by atoms with E-state index in [0.717, 1.165) is 88.1 Å². The Bertz CT molecular complexity index is 3030. The molecule has 0 atom stereocenters. The van der Waals surface area contributed by atoms with Gasteiger partial charge in [0.2, 0.25) is 0 Å². The minimum Gasteiger partial charge on any atom is -0.456 e. The van der Waals surface area contributed by atoms with Crippen molar-refractivity contribution in [3.63, 3.8) is 0 Å². The fraction of sp³-hybridized carbons (Fsp3) is 0. The zero-order valence-electron chi connectivity index (χ0n) is 26.1. The maximum absolute atomic E-state index is 10.6. The van der Waals surface area contributed by atoms with E-state index in [2.05, 4.69) is 100 Å². The molecule has 0 radical (unpaired) electrons. The van der Waals surface area contributed by atoms with Crippen LogP contribution in [0.25, 0.3) is 88.1 Å². The monoisotopic (exact) mass is 624 g/mol. The summed E-state index contributed by atoms with van der Waals surface area (Å²) in [5, 5.41) is 27.4. The molecule has 0 aliphatic carbocycles. The first-order chi connectivity index (χ1) is 24.2. The summed E-state index contributed by atoms with van der Waals surface area (Å²) in [6.45, 7) is 0. The molecule has 0 bridgehead atoms. The molecule has 5 nitrogen and oxygen atoms in total. The molecule has 0 amide bonds. The number of benzene rings is 7. The van der Waals surface area contributed by atoms with E-state index in [9.17, 15) is 10.5 Å². The van der Waals surface area contributed by atoms with E-state index < -0.39 is 0 Å². The van der Waals surface area contributed by atoms with Crippen LogP contribution in [0, 0.1) is 22.7 Å². The fourth-order valence-electron chi connectivity index (χ4n) is 7.62. The van der Waals surface area contributed by atoms with E-state index in [1.807, 2.05) is 66.7 Å². The molecular weight excluding hydrogens is 601 g/mol. The van der Waals surface area contributed by atoms with E-state index >= 15 is 0 Å². The second-order valence-electron chi connectivity index (χ2n) is 12.4. The Morgan fingerprint density at radius 1 is 0.429 bits per heavy atom. The Hall–Kier alpha value is -7.08. The van der Waals surface area contributed by atoms with Crippen molar-refractivity contribution in [3.05, 3.63) is 157 Å². The van der Waals surface area contributed by atoms with Gasteiger partial charge < -0.3 is 13.6 Å². The predicted octanol–water partition coefficient (Wildman–Crippen LogP) is 11.2. The molecule has 0 unspecified atom stereocenters. The average molecular weight is 625 g/mol. The van der Waals surface area contributed by atoms with Gasteiger partial charge in [-0.15, -0.1) is 0 Å². The highest BCUT2D eigenvalue weighted by atomic mass is 16.3. The molecule has 49 heavy (non-hydrogen) atoms. The molecular formula is C44H24N4O. The minimum atomic E-state index is 0.533. The second-order valence-corrected chi connectivity index (χ2v) is 12.4. The molecule has 10 aromatic rings. The van der Waals surface area contributed by atoms with Gasteiger partial charge in [0.15, 0.2) is 0 Å². The van der Waals surface area contributed by atoms with Crippen LogP contribution in [0.5, 0.6) is 0 Å². The van der Waals surface area contributed by atoms with Crippen molar-refractivity contribution >= 4 is 65.6 Å². The molecule has 226 valence electrons. The summed E-state index contributed by atoms with van der Waals surface area (Å²) in [6.07, 6.45) is 0. The number of para-hydroxylation sites is 4. The lowest BCUT2D eigenvalue weighted by Crippen LogP contribution is -1.99. The molecule has 0 aliphatic rings. The Labute approximate surface area is 280 Å². The highest BCUT2D eigenvalue weighted by Crippen LogP contribution is 2.40. The maximum Gasteiger partial charge on any atom is 0.137 e.